The van der Waals surface area contributed by atoms with Crippen molar-refractivity contribution < 1.29 is 15.6 Å². The number of hydrogen-bond acceptors (Lipinski definition) is 0. The number of fused-ring (bicyclic) bond motifs is 2. The predicted molar refractivity (Wildman–Crippen MR) is 246 cm³/mol. The first-order chi connectivity index (χ1) is 26.6. The van der Waals surface area contributed by atoms with Gasteiger partial charge in [-0.15, -0.1) is 0 Å². The molecule has 0 aromatic heterocycles. The first kappa shape index (κ1) is 40.8. The van der Waals surface area contributed by atoms with E-state index >= 15 is 0 Å². The zero-order valence-electron chi connectivity index (χ0n) is 35.6. The van der Waals surface area contributed by atoms with Crippen LogP contribution in [0, 0.1) is 38.5 Å². The van der Waals surface area contributed by atoms with Crippen LogP contribution in [0.3, 0.4) is 0 Å². The second kappa shape index (κ2) is 15.3. The van der Waals surface area contributed by atoms with E-state index in [1.165, 1.54) is 131 Å². The summed E-state index contributed by atoms with van der Waals surface area (Å²) in [5, 5.41) is 0. The molecule has 2 unspecified atom stereocenters. The van der Waals surface area contributed by atoms with Crippen molar-refractivity contribution in [3.63, 3.8) is 0 Å². The van der Waals surface area contributed by atoms with Crippen molar-refractivity contribution in [2.45, 2.75) is 139 Å². The molecule has 2 saturated carbocycles. The van der Waals surface area contributed by atoms with Crippen LogP contribution in [0.1, 0.15) is 143 Å². The molecule has 0 radical (unpaired) electrons. The predicted octanol–water partition coefficient (Wildman–Crippen LogP) is 16.5. The van der Waals surface area contributed by atoms with Crippen molar-refractivity contribution in [1.29, 1.82) is 0 Å². The van der Waals surface area contributed by atoms with Crippen LogP contribution in [0.2, 0.25) is 13.1 Å². The Labute approximate surface area is 348 Å². The van der Waals surface area contributed by atoms with Crippen molar-refractivity contribution in [3.8, 4) is 22.3 Å². The van der Waals surface area contributed by atoms with Gasteiger partial charge in [0, 0.05) is 0 Å². The van der Waals surface area contributed by atoms with Crippen molar-refractivity contribution in [2.24, 2.45) is 10.8 Å². The molecule has 0 N–H and O–H groups in total. The van der Waals surface area contributed by atoms with E-state index in [0.717, 1.165) is 12.8 Å². The Kier molecular flexibility index (Phi) is 11.1. The molecular formula is C52H65Cl2SiZr. The quantitative estimate of drug-likeness (QED) is 0.147. The van der Waals surface area contributed by atoms with Crippen LogP contribution in [0.4, 0.5) is 0 Å². The van der Waals surface area contributed by atoms with Crippen LogP contribution in [0.25, 0.3) is 34.4 Å². The van der Waals surface area contributed by atoms with Crippen LogP contribution < -0.4 is 0 Å². The van der Waals surface area contributed by atoms with Gasteiger partial charge in [-0.05, 0) is 0 Å². The van der Waals surface area contributed by atoms with Gasteiger partial charge in [-0.25, -0.2) is 0 Å². The maximum absolute atomic E-state index is 9.17. The van der Waals surface area contributed by atoms with Gasteiger partial charge in [0.25, 0.3) is 0 Å². The van der Waals surface area contributed by atoms with Crippen molar-refractivity contribution >= 4 is 35.1 Å². The summed E-state index contributed by atoms with van der Waals surface area (Å²) in [6.07, 6.45) is 20.7. The molecule has 8 rings (SSSR count). The summed E-state index contributed by atoms with van der Waals surface area (Å²) >= 11 is -5.06. The molecule has 4 aliphatic rings. The summed E-state index contributed by atoms with van der Waals surface area (Å²) in [5.74, 6) is -1.73. The van der Waals surface area contributed by atoms with Gasteiger partial charge in [-0.2, -0.15) is 0 Å². The number of benzene rings is 4. The Morgan fingerprint density at radius 1 is 0.554 bits per heavy atom. The summed E-state index contributed by atoms with van der Waals surface area (Å²) < 4.78 is 0.212. The van der Waals surface area contributed by atoms with Gasteiger partial charge in [0.1, 0.15) is 0 Å². The number of rotatable bonds is 9. The van der Waals surface area contributed by atoms with Gasteiger partial charge < -0.3 is 0 Å². The molecule has 0 bridgehead atoms. The Balaban J connectivity index is 1.37. The summed E-state index contributed by atoms with van der Waals surface area (Å²) in [6, 6.07) is 28.4. The van der Waals surface area contributed by atoms with E-state index < -0.39 is 21.5 Å². The Hall–Kier alpha value is -1.96. The van der Waals surface area contributed by atoms with E-state index in [2.05, 4.69) is 140 Å². The van der Waals surface area contributed by atoms with Gasteiger partial charge in [-0.1, -0.05) is 0 Å². The van der Waals surface area contributed by atoms with E-state index in [9.17, 15) is 0 Å². The monoisotopic (exact) mass is 877 g/mol. The number of allylic oxidation sites excluding steroid dienone is 2. The first-order valence-corrected chi connectivity index (χ1v) is 38.3. The zero-order valence-corrected chi connectivity index (χ0v) is 40.7. The van der Waals surface area contributed by atoms with Crippen LogP contribution >= 0.6 is 17.0 Å². The topological polar surface area (TPSA) is 0 Å². The molecule has 0 nitrogen and oxygen atoms in total. The van der Waals surface area contributed by atoms with E-state index in [1.807, 2.05) is 0 Å². The van der Waals surface area contributed by atoms with Gasteiger partial charge in [0.2, 0.25) is 0 Å². The van der Waals surface area contributed by atoms with E-state index in [0.29, 0.717) is 0 Å². The molecule has 4 aromatic rings. The van der Waals surface area contributed by atoms with Gasteiger partial charge in [-0.3, -0.25) is 0 Å². The molecule has 0 amide bonds. The minimum atomic E-state index is -5.06. The van der Waals surface area contributed by atoms with Gasteiger partial charge in [0.05, 0.1) is 0 Å². The average Bonchev–Trinajstić information content (AvgIpc) is 3.69. The molecule has 56 heavy (non-hydrogen) atoms. The van der Waals surface area contributed by atoms with E-state index in [1.54, 1.807) is 11.1 Å². The number of aryl methyl sites for hydroxylation is 4. The number of hydrogen-bond donors (Lipinski definition) is 0. The van der Waals surface area contributed by atoms with Gasteiger partial charge >= 0.3 is 351 Å². The third-order valence-corrected chi connectivity index (χ3v) is 66.8. The second-order valence-corrected chi connectivity index (χ2v) is 62.7. The molecule has 0 saturated heterocycles. The summed E-state index contributed by atoms with van der Waals surface area (Å²) in [4.78, 5) is 0. The third kappa shape index (κ3) is 7.33. The van der Waals surface area contributed by atoms with E-state index in [-0.39, 0.29) is 18.1 Å². The zero-order chi connectivity index (χ0) is 39.6. The molecule has 0 aliphatic heterocycles. The summed E-state index contributed by atoms with van der Waals surface area (Å²) in [7, 11) is 18.3. The third-order valence-electron chi connectivity index (χ3n) is 15.0. The fourth-order valence-electron chi connectivity index (χ4n) is 12.3. The number of halogens is 2. The van der Waals surface area contributed by atoms with Crippen LogP contribution in [0.15, 0.2) is 83.9 Å². The van der Waals surface area contributed by atoms with Crippen molar-refractivity contribution in [3.05, 3.63) is 128 Å². The minimum absolute atomic E-state index is 0.106. The summed E-state index contributed by atoms with van der Waals surface area (Å²) in [5.41, 5.74) is 19.9. The van der Waals surface area contributed by atoms with Crippen LogP contribution in [-0.4, -0.2) is 5.92 Å². The second-order valence-electron chi connectivity index (χ2n) is 20.2. The fourth-order valence-corrected chi connectivity index (χ4v) is 43.6. The van der Waals surface area contributed by atoms with Gasteiger partial charge in [0.15, 0.2) is 0 Å². The molecule has 4 aliphatic carbocycles. The SMILES string of the molecule is Cc1cc(C)cc(-c2cccc3c2C=C(CC2(C)CCCCC2)[CH]3[Zr]([Cl])([Cl])([CH]2C(CC3(C)CCCCC3)=Cc3c(-c4cc(C)cc(C)c4)cccc32)[SiH](C)C)c1. The molecule has 2 atom stereocenters. The summed E-state index contributed by atoms with van der Waals surface area (Å²) in [6.45, 7) is 19.2. The first-order valence-electron chi connectivity index (χ1n) is 22.0. The average molecular weight is 880 g/mol. The molecule has 4 aromatic carbocycles. The molecule has 0 spiro atoms. The van der Waals surface area contributed by atoms with E-state index in [4.69, 9.17) is 17.0 Å². The van der Waals surface area contributed by atoms with Crippen molar-refractivity contribution in [2.75, 3.05) is 0 Å². The Morgan fingerprint density at radius 3 is 1.25 bits per heavy atom. The van der Waals surface area contributed by atoms with Crippen LogP contribution in [0.5, 0.6) is 0 Å². The van der Waals surface area contributed by atoms with Crippen molar-refractivity contribution in [1.82, 2.24) is 0 Å². The molecule has 0 heterocycles. The Morgan fingerprint density at radius 2 is 0.911 bits per heavy atom. The van der Waals surface area contributed by atoms with Crippen LogP contribution in [-0.2, 0) is 15.6 Å². The maximum atomic E-state index is 9.17. The molecular weight excluding hydrogens is 815 g/mol. The molecule has 4 heteroatoms. The molecule has 295 valence electrons. The normalized spacial score (nSPS) is 22.2. The molecule has 2 fully saturated rings. The Bertz CT molecular complexity index is 2040. The fraction of sp³-hybridized carbons (Fsp3) is 0.462. The standard InChI is InChI=1S/2C25H29.C2H7Si.2ClH.Zr/c2*1-18-12-19(2)14-22(13-18)23-9-7-8-21-15-20(16-24(21)23)17-25(3)10-5-4-6-11-25;1-3-2;;;/h2*7-9,12-16H,4-6,10-11,17H2,1-3H3;3H,1-2H3;2*1H;/q;;;;;+2/p-2.